The zero-order chi connectivity index (χ0) is 15.6. The van der Waals surface area contributed by atoms with Gasteiger partial charge in [-0.15, -0.1) is 0 Å². The Balaban J connectivity index is 2.39. The van der Waals surface area contributed by atoms with Crippen LogP contribution < -0.4 is 4.74 Å². The number of carbonyl (C=O) groups is 1. The first-order valence-electron chi connectivity index (χ1n) is 6.02. The van der Waals surface area contributed by atoms with Crippen LogP contribution in [0.15, 0.2) is 30.5 Å². The van der Waals surface area contributed by atoms with Crippen molar-refractivity contribution >= 4 is 11.7 Å². The fourth-order valence-corrected chi connectivity index (χ4v) is 1.87. The van der Waals surface area contributed by atoms with Gasteiger partial charge in [-0.3, -0.25) is 10.1 Å². The van der Waals surface area contributed by atoms with E-state index in [0.29, 0.717) is 16.9 Å². The minimum atomic E-state index is -1.04. The molecule has 0 unspecified atom stereocenters. The van der Waals surface area contributed by atoms with Crippen LogP contribution in [0.5, 0.6) is 11.6 Å². The van der Waals surface area contributed by atoms with Gasteiger partial charge in [0.15, 0.2) is 0 Å². The van der Waals surface area contributed by atoms with Crippen molar-refractivity contribution < 1.29 is 19.6 Å². The molecular formula is C14H12N2O5. The zero-order valence-corrected chi connectivity index (χ0v) is 11.4. The lowest BCUT2D eigenvalue weighted by Crippen LogP contribution is -2.01. The maximum absolute atomic E-state index is 11.1. The summed E-state index contributed by atoms with van der Waals surface area (Å²) in [7, 11) is 0. The Morgan fingerprint density at radius 3 is 2.57 bits per heavy atom. The smallest absolute Gasteiger partial charge is 0.335 e. The SMILES string of the molecule is Cc1cc(Oc2nccc(C)c2[N+](=O)[O-])ccc1C(=O)O. The molecule has 1 heterocycles. The molecule has 0 atom stereocenters. The highest BCUT2D eigenvalue weighted by atomic mass is 16.6. The van der Waals surface area contributed by atoms with Gasteiger partial charge >= 0.3 is 11.7 Å². The summed E-state index contributed by atoms with van der Waals surface area (Å²) in [6.45, 7) is 3.21. The molecule has 0 spiro atoms. The van der Waals surface area contributed by atoms with Crippen LogP contribution in [0.3, 0.4) is 0 Å². The number of ether oxygens (including phenoxy) is 1. The van der Waals surface area contributed by atoms with Crippen LogP contribution in [0.1, 0.15) is 21.5 Å². The number of benzene rings is 1. The van der Waals surface area contributed by atoms with Gasteiger partial charge in [0.25, 0.3) is 5.88 Å². The number of hydrogen-bond acceptors (Lipinski definition) is 5. The van der Waals surface area contributed by atoms with E-state index in [1.165, 1.54) is 30.5 Å². The van der Waals surface area contributed by atoms with Crippen LogP contribution in [-0.2, 0) is 0 Å². The second kappa shape index (κ2) is 5.58. The van der Waals surface area contributed by atoms with Gasteiger partial charge in [-0.2, -0.15) is 0 Å². The Morgan fingerprint density at radius 1 is 1.29 bits per heavy atom. The third-order valence-electron chi connectivity index (χ3n) is 2.92. The molecule has 7 heteroatoms. The maximum atomic E-state index is 11.1. The standard InChI is InChI=1S/C14H12N2O5/c1-8-5-6-15-13(12(8)16(19)20)21-10-3-4-11(14(17)18)9(2)7-10/h3-7H,1-2H3,(H,17,18). The third-order valence-corrected chi connectivity index (χ3v) is 2.92. The van der Waals surface area contributed by atoms with Crippen molar-refractivity contribution in [1.82, 2.24) is 4.98 Å². The number of hydrogen-bond donors (Lipinski definition) is 1. The molecule has 0 aliphatic heterocycles. The van der Waals surface area contributed by atoms with E-state index in [4.69, 9.17) is 9.84 Å². The van der Waals surface area contributed by atoms with E-state index in [1.54, 1.807) is 13.8 Å². The Labute approximate surface area is 120 Å². The first kappa shape index (κ1) is 14.4. The predicted octanol–water partition coefficient (Wildman–Crippen LogP) is 3.10. The van der Waals surface area contributed by atoms with Crippen LogP contribution in [0, 0.1) is 24.0 Å². The Morgan fingerprint density at radius 2 is 2.00 bits per heavy atom. The van der Waals surface area contributed by atoms with E-state index in [-0.39, 0.29) is 17.1 Å². The van der Waals surface area contributed by atoms with Gasteiger partial charge in [0.2, 0.25) is 0 Å². The fraction of sp³-hybridized carbons (Fsp3) is 0.143. The second-order valence-electron chi connectivity index (χ2n) is 4.42. The number of nitro groups is 1. The largest absolute Gasteiger partial charge is 0.478 e. The predicted molar refractivity (Wildman–Crippen MR) is 73.8 cm³/mol. The topological polar surface area (TPSA) is 103 Å². The van der Waals surface area contributed by atoms with E-state index in [1.807, 2.05) is 0 Å². The number of aromatic nitrogens is 1. The Bertz CT molecular complexity index is 727. The monoisotopic (exact) mass is 288 g/mol. The molecule has 21 heavy (non-hydrogen) atoms. The van der Waals surface area contributed by atoms with Gasteiger partial charge in [-0.1, -0.05) is 0 Å². The highest BCUT2D eigenvalue weighted by Crippen LogP contribution is 2.32. The summed E-state index contributed by atoms with van der Waals surface area (Å²) in [5.41, 5.74) is 0.866. The highest BCUT2D eigenvalue weighted by molar-refractivity contribution is 5.89. The number of pyridine rings is 1. The molecule has 0 saturated heterocycles. The lowest BCUT2D eigenvalue weighted by Gasteiger charge is -2.08. The molecule has 2 aromatic rings. The van der Waals surface area contributed by atoms with Crippen molar-refractivity contribution in [2.45, 2.75) is 13.8 Å². The summed E-state index contributed by atoms with van der Waals surface area (Å²) in [6, 6.07) is 5.83. The lowest BCUT2D eigenvalue weighted by molar-refractivity contribution is -0.386. The number of aryl methyl sites for hydroxylation is 2. The quantitative estimate of drug-likeness (QED) is 0.685. The molecule has 108 valence electrons. The van der Waals surface area contributed by atoms with Crippen LogP contribution >= 0.6 is 0 Å². The number of nitrogens with zero attached hydrogens (tertiary/aromatic N) is 2. The molecule has 1 aromatic carbocycles. The van der Waals surface area contributed by atoms with Gasteiger partial charge in [-0.25, -0.2) is 9.78 Å². The van der Waals surface area contributed by atoms with Crippen LogP contribution in [0.2, 0.25) is 0 Å². The van der Waals surface area contributed by atoms with Crippen molar-refractivity contribution in [2.24, 2.45) is 0 Å². The Kier molecular flexibility index (Phi) is 3.84. The number of aromatic carboxylic acids is 1. The van der Waals surface area contributed by atoms with Crippen molar-refractivity contribution in [3.8, 4) is 11.6 Å². The summed E-state index contributed by atoms with van der Waals surface area (Å²) in [5.74, 6) is -0.875. The zero-order valence-electron chi connectivity index (χ0n) is 11.4. The number of carboxylic acid groups (broad SMARTS) is 1. The maximum Gasteiger partial charge on any atom is 0.335 e. The summed E-state index contributed by atoms with van der Waals surface area (Å²) in [4.78, 5) is 25.3. The highest BCUT2D eigenvalue weighted by Gasteiger charge is 2.21. The van der Waals surface area contributed by atoms with E-state index < -0.39 is 10.9 Å². The van der Waals surface area contributed by atoms with Gasteiger partial charge in [0.05, 0.1) is 10.5 Å². The molecular weight excluding hydrogens is 276 g/mol. The molecule has 0 amide bonds. The number of carboxylic acids is 1. The molecule has 0 bridgehead atoms. The first-order chi connectivity index (χ1) is 9.90. The minimum absolute atomic E-state index is 0.123. The molecule has 1 N–H and O–H groups in total. The van der Waals surface area contributed by atoms with E-state index in [0.717, 1.165) is 0 Å². The van der Waals surface area contributed by atoms with Crippen molar-refractivity contribution in [1.29, 1.82) is 0 Å². The first-order valence-corrected chi connectivity index (χ1v) is 6.02. The molecule has 0 saturated carbocycles. The summed E-state index contributed by atoms with van der Waals surface area (Å²) < 4.78 is 5.42. The molecule has 0 fully saturated rings. The van der Waals surface area contributed by atoms with Crippen molar-refractivity contribution in [3.05, 3.63) is 57.3 Å². The molecule has 0 aliphatic carbocycles. The van der Waals surface area contributed by atoms with Crippen LogP contribution in [-0.4, -0.2) is 21.0 Å². The molecule has 7 nitrogen and oxygen atoms in total. The van der Waals surface area contributed by atoms with Gasteiger partial charge < -0.3 is 9.84 Å². The van der Waals surface area contributed by atoms with E-state index in [2.05, 4.69) is 4.98 Å². The summed E-state index contributed by atoms with van der Waals surface area (Å²) in [6.07, 6.45) is 1.41. The Hall–Kier alpha value is -2.96. The third kappa shape index (κ3) is 2.97. The van der Waals surface area contributed by atoms with Crippen molar-refractivity contribution in [2.75, 3.05) is 0 Å². The van der Waals surface area contributed by atoms with Gasteiger partial charge in [0, 0.05) is 11.8 Å². The lowest BCUT2D eigenvalue weighted by atomic mass is 10.1. The van der Waals surface area contributed by atoms with Gasteiger partial charge in [0.1, 0.15) is 5.75 Å². The molecule has 0 aliphatic rings. The normalized spacial score (nSPS) is 10.2. The molecule has 1 aromatic heterocycles. The van der Waals surface area contributed by atoms with Crippen LogP contribution in [0.25, 0.3) is 0 Å². The van der Waals surface area contributed by atoms with Gasteiger partial charge in [-0.05, 0) is 43.7 Å². The van der Waals surface area contributed by atoms with E-state index in [9.17, 15) is 14.9 Å². The van der Waals surface area contributed by atoms with Crippen LogP contribution in [0.4, 0.5) is 5.69 Å². The van der Waals surface area contributed by atoms with E-state index >= 15 is 0 Å². The number of rotatable bonds is 4. The van der Waals surface area contributed by atoms with Crippen molar-refractivity contribution in [3.63, 3.8) is 0 Å². The molecule has 0 radical (unpaired) electrons. The average molecular weight is 288 g/mol. The summed E-state index contributed by atoms with van der Waals surface area (Å²) >= 11 is 0. The minimum Gasteiger partial charge on any atom is -0.478 e. The average Bonchev–Trinajstić information content (AvgIpc) is 2.37. The fourth-order valence-electron chi connectivity index (χ4n) is 1.87. The second-order valence-corrected chi connectivity index (χ2v) is 4.42. The molecule has 2 rings (SSSR count). The summed E-state index contributed by atoms with van der Waals surface area (Å²) in [5, 5.41) is 20.0.